The number of benzene rings is 1. The lowest BCUT2D eigenvalue weighted by Crippen LogP contribution is -1.78. The number of nitrogens with zero attached hydrogens (tertiary/aromatic N) is 3. The summed E-state index contributed by atoms with van der Waals surface area (Å²) in [5.74, 6) is 0.307. The van der Waals surface area contributed by atoms with Crippen molar-refractivity contribution in [2.45, 2.75) is 13.3 Å². The Hall–Kier alpha value is -1.93. The van der Waals surface area contributed by atoms with Crippen molar-refractivity contribution in [2.24, 2.45) is 5.11 Å². The van der Waals surface area contributed by atoms with Crippen LogP contribution in [0.1, 0.15) is 17.5 Å². The highest BCUT2D eigenvalue weighted by molar-refractivity contribution is 5.52. The van der Waals surface area contributed by atoms with Gasteiger partial charge in [-0.3, -0.25) is 0 Å². The molecule has 0 amide bonds. The molecule has 1 aromatic rings. The summed E-state index contributed by atoms with van der Waals surface area (Å²) in [5, 5.41) is 12.7. The fourth-order valence-electron chi connectivity index (χ4n) is 1.18. The molecule has 1 aromatic carbocycles. The molecule has 0 aromatic heterocycles. The van der Waals surface area contributed by atoms with Crippen molar-refractivity contribution in [3.63, 3.8) is 0 Å². The van der Waals surface area contributed by atoms with E-state index in [1.54, 1.807) is 6.07 Å². The number of azide groups is 1. The largest absolute Gasteiger partial charge is 0.508 e. The minimum absolute atomic E-state index is 0.307. The van der Waals surface area contributed by atoms with Gasteiger partial charge in [0.25, 0.3) is 0 Å². The average Bonchev–Trinajstić information content (AvgIpc) is 2.23. The third-order valence-corrected chi connectivity index (χ3v) is 1.99. The average molecular weight is 203 g/mol. The van der Waals surface area contributed by atoms with Crippen LogP contribution in [0.15, 0.2) is 29.4 Å². The lowest BCUT2D eigenvalue weighted by molar-refractivity contribution is 0.471. The molecule has 0 fully saturated rings. The van der Waals surface area contributed by atoms with Crippen molar-refractivity contribution in [2.75, 3.05) is 6.54 Å². The molecule has 1 rings (SSSR count). The van der Waals surface area contributed by atoms with E-state index in [1.807, 2.05) is 31.2 Å². The third kappa shape index (κ3) is 3.75. The predicted octanol–water partition coefficient (Wildman–Crippen LogP) is 3.41. The van der Waals surface area contributed by atoms with Crippen LogP contribution in [0.4, 0.5) is 0 Å². The molecule has 0 aliphatic rings. The summed E-state index contributed by atoms with van der Waals surface area (Å²) in [4.78, 5) is 2.66. The van der Waals surface area contributed by atoms with Crippen LogP contribution in [0.25, 0.3) is 16.5 Å². The first-order valence-electron chi connectivity index (χ1n) is 4.71. The third-order valence-electron chi connectivity index (χ3n) is 1.99. The topological polar surface area (TPSA) is 69.0 Å². The molecule has 0 bridgehead atoms. The van der Waals surface area contributed by atoms with Crippen LogP contribution < -0.4 is 0 Å². The van der Waals surface area contributed by atoms with Crippen LogP contribution in [-0.4, -0.2) is 11.7 Å². The first-order chi connectivity index (χ1) is 7.24. The second kappa shape index (κ2) is 5.73. The van der Waals surface area contributed by atoms with Gasteiger partial charge in [-0.25, -0.2) is 0 Å². The van der Waals surface area contributed by atoms with E-state index in [0.29, 0.717) is 12.3 Å². The molecule has 0 saturated carbocycles. The summed E-state index contributed by atoms with van der Waals surface area (Å²) < 4.78 is 0. The molecular weight excluding hydrogens is 190 g/mol. The fourth-order valence-corrected chi connectivity index (χ4v) is 1.18. The van der Waals surface area contributed by atoms with Gasteiger partial charge in [0.15, 0.2) is 0 Å². The van der Waals surface area contributed by atoms with E-state index in [-0.39, 0.29) is 0 Å². The Morgan fingerprint density at radius 1 is 1.53 bits per heavy atom. The predicted molar refractivity (Wildman–Crippen MR) is 60.5 cm³/mol. The van der Waals surface area contributed by atoms with Crippen molar-refractivity contribution in [1.82, 2.24) is 0 Å². The molecule has 4 heteroatoms. The summed E-state index contributed by atoms with van der Waals surface area (Å²) >= 11 is 0. The van der Waals surface area contributed by atoms with Gasteiger partial charge in [-0.15, -0.1) is 0 Å². The van der Waals surface area contributed by atoms with E-state index in [2.05, 4.69) is 10.0 Å². The quantitative estimate of drug-likeness (QED) is 0.346. The van der Waals surface area contributed by atoms with Crippen molar-refractivity contribution >= 4 is 6.08 Å². The van der Waals surface area contributed by atoms with Crippen LogP contribution in [0, 0.1) is 6.92 Å². The number of phenolic OH excluding ortho intramolecular Hbond substituents is 1. The summed E-state index contributed by atoms with van der Waals surface area (Å²) in [6.45, 7) is 2.33. The zero-order valence-electron chi connectivity index (χ0n) is 8.59. The first kappa shape index (κ1) is 11.1. The molecule has 0 aliphatic heterocycles. The van der Waals surface area contributed by atoms with Gasteiger partial charge in [-0.05, 0) is 42.1 Å². The molecule has 0 unspecified atom stereocenters. The highest BCUT2D eigenvalue weighted by atomic mass is 16.3. The van der Waals surface area contributed by atoms with Gasteiger partial charge < -0.3 is 5.11 Å². The van der Waals surface area contributed by atoms with Crippen LogP contribution in [0.2, 0.25) is 0 Å². The van der Waals surface area contributed by atoms with Crippen molar-refractivity contribution in [1.29, 1.82) is 0 Å². The van der Waals surface area contributed by atoms with E-state index >= 15 is 0 Å². The van der Waals surface area contributed by atoms with E-state index in [0.717, 1.165) is 17.5 Å². The highest BCUT2D eigenvalue weighted by Crippen LogP contribution is 2.17. The summed E-state index contributed by atoms with van der Waals surface area (Å²) in [7, 11) is 0. The summed E-state index contributed by atoms with van der Waals surface area (Å²) in [6, 6.07) is 5.41. The smallest absolute Gasteiger partial charge is 0.118 e. The summed E-state index contributed by atoms with van der Waals surface area (Å²) in [5.41, 5.74) is 9.94. The number of hydrogen-bond acceptors (Lipinski definition) is 2. The Bertz CT molecular complexity index is 406. The molecule has 4 nitrogen and oxygen atoms in total. The molecule has 15 heavy (non-hydrogen) atoms. The molecule has 0 aliphatic carbocycles. The fraction of sp³-hybridized carbons (Fsp3) is 0.273. The molecule has 0 spiro atoms. The molecule has 0 radical (unpaired) electrons. The normalized spacial score (nSPS) is 10.2. The lowest BCUT2D eigenvalue weighted by atomic mass is 10.1. The van der Waals surface area contributed by atoms with Gasteiger partial charge >= 0.3 is 0 Å². The van der Waals surface area contributed by atoms with E-state index in [4.69, 9.17) is 5.53 Å². The Balaban J connectivity index is 2.56. The molecular formula is C11H13N3O. The van der Waals surface area contributed by atoms with Crippen LogP contribution in [-0.2, 0) is 0 Å². The summed E-state index contributed by atoms with van der Waals surface area (Å²) in [6.07, 6.45) is 4.61. The zero-order valence-corrected chi connectivity index (χ0v) is 8.59. The maximum Gasteiger partial charge on any atom is 0.118 e. The lowest BCUT2D eigenvalue weighted by Gasteiger charge is -1.99. The number of rotatable bonds is 4. The van der Waals surface area contributed by atoms with Crippen LogP contribution in [0.5, 0.6) is 5.75 Å². The van der Waals surface area contributed by atoms with Crippen LogP contribution >= 0.6 is 0 Å². The molecule has 0 heterocycles. The number of phenols is 1. The van der Waals surface area contributed by atoms with Gasteiger partial charge in [-0.1, -0.05) is 23.3 Å². The van der Waals surface area contributed by atoms with Crippen LogP contribution in [0.3, 0.4) is 0 Å². The second-order valence-corrected chi connectivity index (χ2v) is 3.19. The number of aryl methyl sites for hydroxylation is 1. The zero-order chi connectivity index (χ0) is 11.1. The molecule has 78 valence electrons. The second-order valence-electron chi connectivity index (χ2n) is 3.19. The van der Waals surface area contributed by atoms with Gasteiger partial charge in [0, 0.05) is 11.5 Å². The Morgan fingerprint density at radius 3 is 3.00 bits per heavy atom. The van der Waals surface area contributed by atoms with Gasteiger partial charge in [0.2, 0.25) is 0 Å². The highest BCUT2D eigenvalue weighted by Gasteiger charge is 1.94. The maximum atomic E-state index is 9.31. The minimum atomic E-state index is 0.307. The number of aromatic hydroxyl groups is 1. The molecule has 1 N–H and O–H groups in total. The Morgan fingerprint density at radius 2 is 2.33 bits per heavy atom. The first-order valence-corrected chi connectivity index (χ1v) is 4.71. The molecule has 0 saturated heterocycles. The van der Waals surface area contributed by atoms with Crippen molar-refractivity contribution < 1.29 is 5.11 Å². The van der Waals surface area contributed by atoms with E-state index in [1.165, 1.54) is 0 Å². The van der Waals surface area contributed by atoms with Crippen molar-refractivity contribution in [3.8, 4) is 5.75 Å². The monoisotopic (exact) mass is 203 g/mol. The van der Waals surface area contributed by atoms with Gasteiger partial charge in [0.05, 0.1) is 0 Å². The Labute approximate surface area is 88.5 Å². The van der Waals surface area contributed by atoms with E-state index < -0.39 is 0 Å². The maximum absolute atomic E-state index is 9.31. The standard InChI is InChI=1S/C11H13N3O/c1-9-8-10(5-6-11(9)15)4-2-3-7-13-14-12/h2,4-6,8,15H,3,7H2,1H3. The van der Waals surface area contributed by atoms with Gasteiger partial charge in [0.1, 0.15) is 5.75 Å². The van der Waals surface area contributed by atoms with E-state index in [9.17, 15) is 5.11 Å². The molecule has 0 atom stereocenters. The SMILES string of the molecule is Cc1cc(C=CCCN=[N+]=[N-])ccc1O. The van der Waals surface area contributed by atoms with Gasteiger partial charge in [-0.2, -0.15) is 0 Å². The minimum Gasteiger partial charge on any atom is -0.508 e. The Kier molecular flexibility index (Phi) is 4.26. The number of hydrogen-bond donors (Lipinski definition) is 1. The van der Waals surface area contributed by atoms with Crippen molar-refractivity contribution in [3.05, 3.63) is 45.8 Å².